The molecule has 8 aliphatic rings. The standard InChI is InChI=1S/C29H36O10/c1-11-17-20-19(12(2)24(34)35-20)38-29-21(17)26(5,22(11)32)6-7-27(39-29)10-28-14(8-13(30)18(27)23(29)33)25(3,4)36-15(28)9-16(31)37-28/h11-15,17-21,30H,6-10H2,1-5H3/t11-,12+,13-,14+,15+,17+,18+,19-,20+,21+,26+,27+,28-,29-/m1/s1. The van der Waals surface area contributed by atoms with Crippen molar-refractivity contribution < 1.29 is 48.0 Å². The second-order valence-corrected chi connectivity index (χ2v) is 14.4. The van der Waals surface area contributed by atoms with E-state index in [1.807, 2.05) is 27.7 Å². The minimum atomic E-state index is -1.80. The molecule has 10 heteroatoms. The predicted molar refractivity (Wildman–Crippen MR) is 129 cm³/mol. The Morgan fingerprint density at radius 3 is 2.41 bits per heavy atom. The molecule has 6 heterocycles. The molecule has 0 amide bonds. The number of carbonyl (C=O) groups is 4. The molecule has 0 aromatic heterocycles. The lowest BCUT2D eigenvalue weighted by Crippen LogP contribution is -2.64. The van der Waals surface area contributed by atoms with E-state index in [0.717, 1.165) is 0 Å². The minimum absolute atomic E-state index is 0.0225. The molecule has 3 spiro atoms. The van der Waals surface area contributed by atoms with Gasteiger partial charge >= 0.3 is 11.9 Å². The molecule has 212 valence electrons. The first-order valence-electron chi connectivity index (χ1n) is 14.5. The van der Waals surface area contributed by atoms with E-state index in [1.54, 1.807) is 6.92 Å². The Balaban J connectivity index is 1.32. The van der Waals surface area contributed by atoms with Crippen LogP contribution in [0.3, 0.4) is 0 Å². The highest BCUT2D eigenvalue weighted by molar-refractivity contribution is 5.97. The lowest BCUT2D eigenvalue weighted by Gasteiger charge is -2.50. The molecule has 39 heavy (non-hydrogen) atoms. The highest BCUT2D eigenvalue weighted by Crippen LogP contribution is 2.71. The summed E-state index contributed by atoms with van der Waals surface area (Å²) in [6.07, 6.45) is -1.75. The summed E-state index contributed by atoms with van der Waals surface area (Å²) < 4.78 is 32.0. The quantitative estimate of drug-likeness (QED) is 0.447. The SMILES string of the molecule is C[C@@H]1C(=O)O[C@@H]2[C@@H]1O[C@@]13O[C@@]4(CC[C@]5(C)C(=O)[C@H](C)[C@@H]2[C@H]15)C[C@]12OC(=O)C[C@@H]1OC(C)(C)[C@@H]2C[C@@H](O)[C@H]4C3=O. The van der Waals surface area contributed by atoms with E-state index in [1.165, 1.54) is 0 Å². The number of ether oxygens (including phenoxy) is 5. The second kappa shape index (κ2) is 6.94. The predicted octanol–water partition coefficient (Wildman–Crippen LogP) is 1.48. The Morgan fingerprint density at radius 2 is 1.67 bits per heavy atom. The zero-order valence-electron chi connectivity index (χ0n) is 22.9. The number of aliphatic hydroxyl groups excluding tert-OH is 1. The van der Waals surface area contributed by atoms with Gasteiger partial charge in [0, 0.05) is 35.5 Å². The molecule has 8 fully saturated rings. The smallest absolute Gasteiger partial charge is 0.311 e. The zero-order valence-corrected chi connectivity index (χ0v) is 22.9. The minimum Gasteiger partial charge on any atom is -0.459 e. The Kier molecular flexibility index (Phi) is 4.43. The molecule has 8 rings (SSSR count). The highest BCUT2D eigenvalue weighted by atomic mass is 16.7. The summed E-state index contributed by atoms with van der Waals surface area (Å²) in [6, 6.07) is 0. The van der Waals surface area contributed by atoms with Crippen molar-refractivity contribution >= 4 is 23.5 Å². The molecule has 0 aromatic carbocycles. The van der Waals surface area contributed by atoms with E-state index in [4.69, 9.17) is 23.7 Å². The van der Waals surface area contributed by atoms with Crippen LogP contribution >= 0.6 is 0 Å². The van der Waals surface area contributed by atoms with Crippen LogP contribution in [-0.4, -0.2) is 75.6 Å². The summed E-state index contributed by atoms with van der Waals surface area (Å²) in [4.78, 5) is 54.1. The Bertz CT molecular complexity index is 1240. The first-order chi connectivity index (χ1) is 18.2. The third-order valence-electron chi connectivity index (χ3n) is 12.3. The molecule has 1 N–H and O–H groups in total. The van der Waals surface area contributed by atoms with Crippen molar-refractivity contribution in [2.45, 2.75) is 114 Å². The van der Waals surface area contributed by atoms with Gasteiger partial charge in [-0.15, -0.1) is 0 Å². The highest BCUT2D eigenvalue weighted by Gasteiger charge is 2.83. The van der Waals surface area contributed by atoms with Crippen LogP contribution in [0.2, 0.25) is 0 Å². The number of Topliss-reactive ketones (excluding diaryl/α,β-unsaturated/α-hetero) is 2. The first kappa shape index (κ1) is 24.9. The number of ketones is 2. The topological polar surface area (TPSA) is 135 Å². The van der Waals surface area contributed by atoms with E-state index in [-0.39, 0.29) is 42.7 Å². The lowest BCUT2D eigenvalue weighted by atomic mass is 9.60. The average molecular weight is 545 g/mol. The molecule has 6 saturated heterocycles. The van der Waals surface area contributed by atoms with Crippen molar-refractivity contribution in [2.75, 3.05) is 0 Å². The summed E-state index contributed by atoms with van der Waals surface area (Å²) in [5.41, 5.74) is -3.91. The van der Waals surface area contributed by atoms with Gasteiger partial charge in [-0.25, -0.2) is 0 Å². The number of esters is 2. The van der Waals surface area contributed by atoms with Gasteiger partial charge in [-0.05, 0) is 40.0 Å². The monoisotopic (exact) mass is 544 g/mol. The normalized spacial score (nSPS) is 59.9. The van der Waals surface area contributed by atoms with Gasteiger partial charge in [-0.1, -0.05) is 13.8 Å². The van der Waals surface area contributed by atoms with Crippen LogP contribution in [-0.2, 0) is 42.9 Å². The number of fused-ring (bicyclic) bond motifs is 2. The molecule has 14 atom stereocenters. The van der Waals surface area contributed by atoms with Crippen molar-refractivity contribution in [3.63, 3.8) is 0 Å². The molecular formula is C29H36O10. The molecule has 2 saturated carbocycles. The number of rotatable bonds is 0. The number of carbonyl (C=O) groups excluding carboxylic acids is 4. The fourth-order valence-electron chi connectivity index (χ4n) is 10.8. The summed E-state index contributed by atoms with van der Waals surface area (Å²) in [6.45, 7) is 9.33. The lowest BCUT2D eigenvalue weighted by molar-refractivity contribution is -0.331. The summed E-state index contributed by atoms with van der Waals surface area (Å²) in [7, 11) is 0. The molecule has 2 aliphatic carbocycles. The first-order valence-corrected chi connectivity index (χ1v) is 14.5. The fraction of sp³-hybridized carbons (Fsp3) is 0.862. The van der Waals surface area contributed by atoms with Crippen molar-refractivity contribution in [1.82, 2.24) is 0 Å². The second-order valence-electron chi connectivity index (χ2n) is 14.4. The van der Waals surface area contributed by atoms with Crippen LogP contribution in [0.5, 0.6) is 0 Å². The van der Waals surface area contributed by atoms with E-state index in [0.29, 0.717) is 12.8 Å². The Labute approximate surface area is 226 Å². The maximum atomic E-state index is 14.8. The molecule has 10 nitrogen and oxygen atoms in total. The Morgan fingerprint density at radius 1 is 0.923 bits per heavy atom. The molecule has 0 aromatic rings. The molecule has 2 bridgehead atoms. The van der Waals surface area contributed by atoms with Gasteiger partial charge in [-0.3, -0.25) is 19.2 Å². The van der Waals surface area contributed by atoms with Crippen LogP contribution in [0.1, 0.15) is 66.7 Å². The number of aliphatic hydroxyl groups is 1. The van der Waals surface area contributed by atoms with Gasteiger partial charge in [0.2, 0.25) is 11.6 Å². The molecule has 0 radical (unpaired) electrons. The fourth-order valence-corrected chi connectivity index (χ4v) is 10.8. The average Bonchev–Trinajstić information content (AvgIpc) is 3.45. The number of hydrogen-bond acceptors (Lipinski definition) is 10. The third kappa shape index (κ3) is 2.56. The van der Waals surface area contributed by atoms with Gasteiger partial charge in [0.25, 0.3) is 0 Å². The molecule has 0 unspecified atom stereocenters. The van der Waals surface area contributed by atoms with E-state index >= 15 is 0 Å². The summed E-state index contributed by atoms with van der Waals surface area (Å²) >= 11 is 0. The summed E-state index contributed by atoms with van der Waals surface area (Å²) in [5, 5.41) is 11.8. The molecular weight excluding hydrogens is 508 g/mol. The van der Waals surface area contributed by atoms with E-state index in [9.17, 15) is 24.3 Å². The summed E-state index contributed by atoms with van der Waals surface area (Å²) in [5.74, 6) is -6.35. The van der Waals surface area contributed by atoms with E-state index < -0.39 is 88.0 Å². The maximum absolute atomic E-state index is 14.8. The van der Waals surface area contributed by atoms with Gasteiger partial charge in [-0.2, -0.15) is 0 Å². The van der Waals surface area contributed by atoms with Gasteiger partial charge < -0.3 is 28.8 Å². The molecule has 6 aliphatic heterocycles. The van der Waals surface area contributed by atoms with Gasteiger partial charge in [0.1, 0.15) is 29.7 Å². The third-order valence-corrected chi connectivity index (χ3v) is 12.3. The van der Waals surface area contributed by atoms with Crippen molar-refractivity contribution in [2.24, 2.45) is 40.9 Å². The zero-order chi connectivity index (χ0) is 27.7. The van der Waals surface area contributed by atoms with Crippen molar-refractivity contribution in [3.05, 3.63) is 0 Å². The van der Waals surface area contributed by atoms with Crippen LogP contribution in [0.4, 0.5) is 0 Å². The Hall–Kier alpha value is -1.88. The van der Waals surface area contributed by atoms with Crippen molar-refractivity contribution in [3.8, 4) is 0 Å². The van der Waals surface area contributed by atoms with Crippen molar-refractivity contribution in [1.29, 1.82) is 0 Å². The van der Waals surface area contributed by atoms with Gasteiger partial charge in [0.15, 0.2) is 0 Å². The maximum Gasteiger partial charge on any atom is 0.311 e. The number of hydrogen-bond donors (Lipinski definition) is 1. The van der Waals surface area contributed by atoms with Crippen LogP contribution in [0, 0.1) is 40.9 Å². The van der Waals surface area contributed by atoms with Gasteiger partial charge in [0.05, 0.1) is 35.6 Å². The van der Waals surface area contributed by atoms with Crippen LogP contribution < -0.4 is 0 Å². The van der Waals surface area contributed by atoms with Crippen LogP contribution in [0.15, 0.2) is 0 Å². The van der Waals surface area contributed by atoms with Crippen LogP contribution in [0.25, 0.3) is 0 Å². The largest absolute Gasteiger partial charge is 0.459 e. The van der Waals surface area contributed by atoms with E-state index in [2.05, 4.69) is 0 Å².